The summed E-state index contributed by atoms with van der Waals surface area (Å²) in [6.07, 6.45) is 2.06. The first-order valence-electron chi connectivity index (χ1n) is 8.85. The van der Waals surface area contributed by atoms with E-state index in [1.807, 2.05) is 54.6 Å². The van der Waals surface area contributed by atoms with Crippen LogP contribution >= 0.6 is 0 Å². The van der Waals surface area contributed by atoms with Crippen LogP contribution in [-0.4, -0.2) is 37.2 Å². The van der Waals surface area contributed by atoms with Gasteiger partial charge in [-0.15, -0.1) is 0 Å². The number of nitrogens with one attached hydrogen (secondary N) is 1. The number of nitrogens with zero attached hydrogens (tertiary/aromatic N) is 2. The molecule has 0 atom stereocenters. The van der Waals surface area contributed by atoms with Crippen LogP contribution in [0.15, 0.2) is 60.8 Å². The molecular weight excluding hydrogens is 326 g/mol. The number of carbonyl (C=O) groups excluding carboxylic acids is 1. The average molecular weight is 347 g/mol. The third kappa shape index (κ3) is 3.53. The molecule has 1 aliphatic rings. The molecule has 0 unspecified atom stereocenters. The second-order valence-electron chi connectivity index (χ2n) is 6.33. The van der Waals surface area contributed by atoms with Crippen LogP contribution in [-0.2, 0) is 16.0 Å². The molecule has 0 aliphatic carbocycles. The number of ether oxygens (including phenoxy) is 1. The van der Waals surface area contributed by atoms with Crippen LogP contribution in [0.1, 0.15) is 5.56 Å². The molecule has 0 bridgehead atoms. The largest absolute Gasteiger partial charge is 0.378 e. The third-order valence-electron chi connectivity index (χ3n) is 4.60. The van der Waals surface area contributed by atoms with Crippen molar-refractivity contribution in [3.63, 3.8) is 0 Å². The van der Waals surface area contributed by atoms with Gasteiger partial charge in [0.15, 0.2) is 0 Å². The molecule has 4 rings (SSSR count). The molecule has 2 aromatic carbocycles. The van der Waals surface area contributed by atoms with E-state index < -0.39 is 0 Å². The zero-order chi connectivity index (χ0) is 17.8. The van der Waals surface area contributed by atoms with Gasteiger partial charge in [-0.05, 0) is 23.8 Å². The normalized spacial score (nSPS) is 14.4. The lowest BCUT2D eigenvalue weighted by Crippen LogP contribution is -2.36. The first-order valence-corrected chi connectivity index (χ1v) is 8.85. The van der Waals surface area contributed by atoms with Crippen molar-refractivity contribution < 1.29 is 9.53 Å². The van der Waals surface area contributed by atoms with Gasteiger partial charge in [0.05, 0.1) is 36.5 Å². The monoisotopic (exact) mass is 347 g/mol. The van der Waals surface area contributed by atoms with E-state index in [1.165, 1.54) is 0 Å². The van der Waals surface area contributed by atoms with E-state index in [0.717, 1.165) is 40.9 Å². The highest BCUT2D eigenvalue weighted by Crippen LogP contribution is 2.26. The summed E-state index contributed by atoms with van der Waals surface area (Å²) in [5.41, 5.74) is 3.70. The van der Waals surface area contributed by atoms with Crippen LogP contribution in [0.25, 0.3) is 10.9 Å². The summed E-state index contributed by atoms with van der Waals surface area (Å²) in [7, 11) is 0. The van der Waals surface area contributed by atoms with Gasteiger partial charge in [-0.25, -0.2) is 0 Å². The Labute approximate surface area is 152 Å². The molecule has 0 radical (unpaired) electrons. The van der Waals surface area contributed by atoms with Crippen LogP contribution in [0.3, 0.4) is 0 Å². The summed E-state index contributed by atoms with van der Waals surface area (Å²) in [5.74, 6) is -0.0381. The number of carbonyl (C=O) groups is 1. The van der Waals surface area contributed by atoms with Crippen molar-refractivity contribution in [2.45, 2.75) is 6.42 Å². The van der Waals surface area contributed by atoms with E-state index in [9.17, 15) is 4.79 Å². The molecule has 5 nitrogen and oxygen atoms in total. The fraction of sp³-hybridized carbons (Fsp3) is 0.238. The number of aromatic nitrogens is 1. The smallest absolute Gasteiger partial charge is 0.228 e. The highest BCUT2D eigenvalue weighted by Gasteiger charge is 2.16. The second kappa shape index (κ2) is 7.54. The van der Waals surface area contributed by atoms with Gasteiger partial charge < -0.3 is 15.0 Å². The number of hydrogen-bond donors (Lipinski definition) is 1. The van der Waals surface area contributed by atoms with Gasteiger partial charge in [0, 0.05) is 24.7 Å². The van der Waals surface area contributed by atoms with E-state index in [0.29, 0.717) is 19.6 Å². The van der Waals surface area contributed by atoms with Crippen LogP contribution < -0.4 is 10.2 Å². The molecule has 26 heavy (non-hydrogen) atoms. The summed E-state index contributed by atoms with van der Waals surface area (Å²) in [5, 5.41) is 4.12. The molecule has 5 heteroatoms. The number of anilines is 2. The zero-order valence-electron chi connectivity index (χ0n) is 14.5. The number of morpholine rings is 1. The van der Waals surface area contributed by atoms with E-state index >= 15 is 0 Å². The number of para-hydroxylation sites is 3. The third-order valence-corrected chi connectivity index (χ3v) is 4.60. The van der Waals surface area contributed by atoms with Gasteiger partial charge in [-0.1, -0.05) is 36.4 Å². The Morgan fingerprint density at radius 2 is 1.85 bits per heavy atom. The van der Waals surface area contributed by atoms with Gasteiger partial charge in [0.2, 0.25) is 5.91 Å². The maximum Gasteiger partial charge on any atom is 0.228 e. The van der Waals surface area contributed by atoms with E-state index in [1.54, 1.807) is 6.20 Å². The van der Waals surface area contributed by atoms with Gasteiger partial charge >= 0.3 is 0 Å². The van der Waals surface area contributed by atoms with Crippen molar-refractivity contribution in [1.29, 1.82) is 0 Å². The average Bonchev–Trinajstić information content (AvgIpc) is 2.69. The Morgan fingerprint density at radius 1 is 1.04 bits per heavy atom. The van der Waals surface area contributed by atoms with Crippen LogP contribution in [0.4, 0.5) is 11.4 Å². The van der Waals surface area contributed by atoms with E-state index in [2.05, 4.69) is 15.2 Å². The van der Waals surface area contributed by atoms with E-state index in [4.69, 9.17) is 4.74 Å². The molecule has 1 aromatic heterocycles. The topological polar surface area (TPSA) is 54.5 Å². The first kappa shape index (κ1) is 16.5. The van der Waals surface area contributed by atoms with Crippen molar-refractivity contribution in [1.82, 2.24) is 4.98 Å². The summed E-state index contributed by atoms with van der Waals surface area (Å²) >= 11 is 0. The maximum atomic E-state index is 12.7. The van der Waals surface area contributed by atoms with Gasteiger partial charge in [-0.2, -0.15) is 0 Å². The number of fused-ring (bicyclic) bond motifs is 1. The number of pyridine rings is 1. The molecule has 0 saturated carbocycles. The SMILES string of the molecule is O=C(Cc1cccc2cccnc12)Nc1ccccc1N1CCOCC1. The molecule has 132 valence electrons. The minimum atomic E-state index is -0.0381. The molecule has 2 heterocycles. The lowest BCUT2D eigenvalue weighted by Gasteiger charge is -2.30. The molecule has 1 N–H and O–H groups in total. The molecule has 3 aromatic rings. The van der Waals surface area contributed by atoms with Crippen LogP contribution in [0.2, 0.25) is 0 Å². The van der Waals surface area contributed by atoms with Crippen molar-refractivity contribution in [3.8, 4) is 0 Å². The highest BCUT2D eigenvalue weighted by atomic mass is 16.5. The maximum absolute atomic E-state index is 12.7. The van der Waals surface area contributed by atoms with E-state index in [-0.39, 0.29) is 5.91 Å². The lowest BCUT2D eigenvalue weighted by molar-refractivity contribution is -0.115. The second-order valence-corrected chi connectivity index (χ2v) is 6.33. The standard InChI is InChI=1S/C21H21N3O2/c25-20(15-17-6-3-5-16-7-4-10-22-21(16)17)23-18-8-1-2-9-19(18)24-11-13-26-14-12-24/h1-10H,11-15H2,(H,23,25). The molecule has 0 spiro atoms. The quantitative estimate of drug-likeness (QED) is 0.787. The first-order chi connectivity index (χ1) is 12.8. The minimum absolute atomic E-state index is 0.0381. The Kier molecular flexibility index (Phi) is 4.80. The van der Waals surface area contributed by atoms with Crippen molar-refractivity contribution in [2.75, 3.05) is 36.5 Å². The summed E-state index contributed by atoms with van der Waals surface area (Å²) < 4.78 is 5.43. The zero-order valence-corrected chi connectivity index (χ0v) is 14.5. The number of rotatable bonds is 4. The molecular formula is C21H21N3O2. The van der Waals surface area contributed by atoms with Crippen molar-refractivity contribution in [2.24, 2.45) is 0 Å². The molecule has 1 fully saturated rings. The Balaban J connectivity index is 1.53. The summed E-state index contributed by atoms with van der Waals surface area (Å²) in [6, 6.07) is 17.8. The lowest BCUT2D eigenvalue weighted by atomic mass is 10.1. The minimum Gasteiger partial charge on any atom is -0.378 e. The molecule has 1 amide bonds. The number of benzene rings is 2. The molecule has 1 saturated heterocycles. The van der Waals surface area contributed by atoms with Gasteiger partial charge in [-0.3, -0.25) is 9.78 Å². The Morgan fingerprint density at radius 3 is 2.73 bits per heavy atom. The summed E-state index contributed by atoms with van der Waals surface area (Å²) in [4.78, 5) is 19.4. The Hall–Kier alpha value is -2.92. The van der Waals surface area contributed by atoms with Gasteiger partial charge in [0.1, 0.15) is 0 Å². The highest BCUT2D eigenvalue weighted by molar-refractivity contribution is 5.97. The number of amides is 1. The predicted molar refractivity (Wildman–Crippen MR) is 104 cm³/mol. The van der Waals surface area contributed by atoms with Crippen LogP contribution in [0.5, 0.6) is 0 Å². The number of hydrogen-bond acceptors (Lipinski definition) is 4. The molecule has 1 aliphatic heterocycles. The fourth-order valence-electron chi connectivity index (χ4n) is 3.34. The van der Waals surface area contributed by atoms with Crippen molar-refractivity contribution >= 4 is 28.2 Å². The van der Waals surface area contributed by atoms with Crippen molar-refractivity contribution in [3.05, 3.63) is 66.4 Å². The Bertz CT molecular complexity index is 915. The van der Waals surface area contributed by atoms with Gasteiger partial charge in [0.25, 0.3) is 0 Å². The predicted octanol–water partition coefficient (Wildman–Crippen LogP) is 3.25. The summed E-state index contributed by atoms with van der Waals surface area (Å²) in [6.45, 7) is 3.09. The fourth-order valence-corrected chi connectivity index (χ4v) is 3.34. The van der Waals surface area contributed by atoms with Crippen LogP contribution in [0, 0.1) is 0 Å².